The van der Waals surface area contributed by atoms with Crippen LogP contribution in [0.1, 0.15) is 13.3 Å². The number of carbonyl (C=O) groups excluding carboxylic acids is 1. The Balaban J connectivity index is 1.97. The van der Waals surface area contributed by atoms with E-state index in [2.05, 4.69) is 25.6 Å². The number of carbonyl (C=O) groups is 1. The maximum atomic E-state index is 10.9. The Kier molecular flexibility index (Phi) is 4.39. The average Bonchev–Trinajstić information content (AvgIpc) is 2.40. The molecule has 2 aromatic heterocycles. The SMILES string of the molecule is CC(=O)CCNc1cc(Nc2ccncc2)ncn1. The van der Waals surface area contributed by atoms with Crippen LogP contribution in [-0.4, -0.2) is 27.3 Å². The van der Waals surface area contributed by atoms with Gasteiger partial charge in [0.2, 0.25) is 0 Å². The number of Topliss-reactive ketones (excluding diaryl/α,β-unsaturated/α-hetero) is 1. The van der Waals surface area contributed by atoms with Gasteiger partial charge >= 0.3 is 0 Å². The number of nitrogens with zero attached hydrogens (tertiary/aromatic N) is 3. The van der Waals surface area contributed by atoms with E-state index in [1.165, 1.54) is 6.33 Å². The van der Waals surface area contributed by atoms with Crippen LogP contribution in [0.5, 0.6) is 0 Å². The van der Waals surface area contributed by atoms with Crippen molar-refractivity contribution in [1.82, 2.24) is 15.0 Å². The molecule has 0 spiro atoms. The van der Waals surface area contributed by atoms with Crippen molar-refractivity contribution in [2.75, 3.05) is 17.2 Å². The van der Waals surface area contributed by atoms with E-state index in [4.69, 9.17) is 0 Å². The molecule has 0 aliphatic rings. The van der Waals surface area contributed by atoms with E-state index in [0.29, 0.717) is 24.6 Å². The third-order valence-corrected chi connectivity index (χ3v) is 2.40. The number of anilines is 3. The van der Waals surface area contributed by atoms with Gasteiger partial charge in [-0.15, -0.1) is 0 Å². The predicted octanol–water partition coefficient (Wildman–Crippen LogP) is 2.01. The Labute approximate surface area is 111 Å². The molecule has 98 valence electrons. The van der Waals surface area contributed by atoms with Crippen LogP contribution in [0.15, 0.2) is 36.9 Å². The van der Waals surface area contributed by atoms with Crippen molar-refractivity contribution < 1.29 is 4.79 Å². The number of ketones is 1. The maximum absolute atomic E-state index is 10.9. The fourth-order valence-electron chi connectivity index (χ4n) is 1.47. The maximum Gasteiger partial charge on any atom is 0.135 e. The molecule has 2 aromatic rings. The summed E-state index contributed by atoms with van der Waals surface area (Å²) in [7, 11) is 0. The molecule has 0 bridgehead atoms. The minimum Gasteiger partial charge on any atom is -0.369 e. The molecule has 0 aromatic carbocycles. The van der Waals surface area contributed by atoms with E-state index < -0.39 is 0 Å². The highest BCUT2D eigenvalue weighted by Crippen LogP contribution is 2.14. The lowest BCUT2D eigenvalue weighted by Gasteiger charge is -2.07. The molecule has 2 N–H and O–H groups in total. The molecule has 2 heterocycles. The molecule has 19 heavy (non-hydrogen) atoms. The van der Waals surface area contributed by atoms with Crippen molar-refractivity contribution in [1.29, 1.82) is 0 Å². The van der Waals surface area contributed by atoms with Gasteiger partial charge in [0.05, 0.1) is 0 Å². The van der Waals surface area contributed by atoms with Gasteiger partial charge in [-0.2, -0.15) is 0 Å². The van der Waals surface area contributed by atoms with Gasteiger partial charge in [-0.3, -0.25) is 9.78 Å². The van der Waals surface area contributed by atoms with Crippen LogP contribution in [0, 0.1) is 0 Å². The predicted molar refractivity (Wildman–Crippen MR) is 73.3 cm³/mol. The van der Waals surface area contributed by atoms with Crippen LogP contribution in [0.4, 0.5) is 17.3 Å². The summed E-state index contributed by atoms with van der Waals surface area (Å²) in [6, 6.07) is 5.50. The summed E-state index contributed by atoms with van der Waals surface area (Å²) in [5, 5.41) is 6.22. The number of pyridine rings is 1. The number of hydrogen-bond donors (Lipinski definition) is 2. The topological polar surface area (TPSA) is 79.8 Å². The summed E-state index contributed by atoms with van der Waals surface area (Å²) in [4.78, 5) is 23.0. The van der Waals surface area contributed by atoms with E-state index in [1.807, 2.05) is 12.1 Å². The second-order valence-electron chi connectivity index (χ2n) is 4.03. The van der Waals surface area contributed by atoms with E-state index in [9.17, 15) is 4.79 Å². The van der Waals surface area contributed by atoms with Crippen LogP contribution >= 0.6 is 0 Å². The zero-order valence-corrected chi connectivity index (χ0v) is 10.6. The van der Waals surface area contributed by atoms with E-state index in [1.54, 1.807) is 25.4 Å². The van der Waals surface area contributed by atoms with E-state index >= 15 is 0 Å². The highest BCUT2D eigenvalue weighted by molar-refractivity contribution is 5.76. The van der Waals surface area contributed by atoms with E-state index in [-0.39, 0.29) is 5.78 Å². The second kappa shape index (κ2) is 6.44. The highest BCUT2D eigenvalue weighted by Gasteiger charge is 2.00. The Morgan fingerprint density at radius 2 is 1.95 bits per heavy atom. The van der Waals surface area contributed by atoms with Crippen LogP contribution in [-0.2, 0) is 4.79 Å². The van der Waals surface area contributed by atoms with Crippen LogP contribution in [0.3, 0.4) is 0 Å². The highest BCUT2D eigenvalue weighted by atomic mass is 16.1. The third-order valence-electron chi connectivity index (χ3n) is 2.40. The van der Waals surface area contributed by atoms with Crippen molar-refractivity contribution in [2.24, 2.45) is 0 Å². The molecule has 0 fully saturated rings. The van der Waals surface area contributed by atoms with Gasteiger partial charge in [-0.25, -0.2) is 9.97 Å². The van der Waals surface area contributed by atoms with Crippen molar-refractivity contribution in [3.63, 3.8) is 0 Å². The smallest absolute Gasteiger partial charge is 0.135 e. The van der Waals surface area contributed by atoms with E-state index in [0.717, 1.165) is 5.69 Å². The first-order valence-corrected chi connectivity index (χ1v) is 5.96. The lowest BCUT2D eigenvalue weighted by atomic mass is 10.3. The molecule has 0 amide bonds. The standard InChI is InChI=1S/C13H15N5O/c1-10(19)2-7-15-12-8-13(17-9-16-12)18-11-3-5-14-6-4-11/h3-6,8-9H,2,7H2,1H3,(H2,14,15,16,17,18). The third kappa shape index (κ3) is 4.34. The molecular formula is C13H15N5O. The monoisotopic (exact) mass is 257 g/mol. The fourth-order valence-corrected chi connectivity index (χ4v) is 1.47. The average molecular weight is 257 g/mol. The molecular weight excluding hydrogens is 242 g/mol. The minimum absolute atomic E-state index is 0.150. The quantitative estimate of drug-likeness (QED) is 0.824. The van der Waals surface area contributed by atoms with Gasteiger partial charge in [0.1, 0.15) is 23.7 Å². The van der Waals surface area contributed by atoms with Gasteiger partial charge in [-0.1, -0.05) is 0 Å². The summed E-state index contributed by atoms with van der Waals surface area (Å²) >= 11 is 0. The zero-order chi connectivity index (χ0) is 13.5. The van der Waals surface area contributed by atoms with Gasteiger partial charge < -0.3 is 10.6 Å². The molecule has 0 saturated carbocycles. The molecule has 6 heteroatoms. The molecule has 0 unspecified atom stereocenters. The van der Waals surface area contributed by atoms with Gasteiger partial charge in [0.15, 0.2) is 0 Å². The summed E-state index contributed by atoms with van der Waals surface area (Å²) in [6.45, 7) is 2.14. The summed E-state index contributed by atoms with van der Waals surface area (Å²) in [5.41, 5.74) is 0.906. The van der Waals surface area contributed by atoms with Gasteiger partial charge in [-0.05, 0) is 19.1 Å². The first-order valence-electron chi connectivity index (χ1n) is 5.96. The largest absolute Gasteiger partial charge is 0.369 e. The molecule has 0 saturated heterocycles. The van der Waals surface area contributed by atoms with Crippen molar-refractivity contribution in [3.8, 4) is 0 Å². The molecule has 2 rings (SSSR count). The van der Waals surface area contributed by atoms with Gasteiger partial charge in [0.25, 0.3) is 0 Å². The molecule has 6 nitrogen and oxygen atoms in total. The summed E-state index contributed by atoms with van der Waals surface area (Å²) in [5.74, 6) is 1.52. The number of nitrogens with one attached hydrogen (secondary N) is 2. The first-order chi connectivity index (χ1) is 9.24. The number of aromatic nitrogens is 3. The lowest BCUT2D eigenvalue weighted by molar-refractivity contribution is -0.116. The minimum atomic E-state index is 0.150. The Hall–Kier alpha value is -2.50. The molecule has 0 atom stereocenters. The molecule has 0 aliphatic carbocycles. The van der Waals surface area contributed by atoms with Crippen molar-refractivity contribution >= 4 is 23.1 Å². The molecule has 0 aliphatic heterocycles. The Bertz CT molecular complexity index is 544. The van der Waals surface area contributed by atoms with Crippen LogP contribution in [0.25, 0.3) is 0 Å². The Morgan fingerprint density at radius 1 is 1.21 bits per heavy atom. The second-order valence-corrected chi connectivity index (χ2v) is 4.03. The van der Waals surface area contributed by atoms with Crippen LogP contribution < -0.4 is 10.6 Å². The lowest BCUT2D eigenvalue weighted by Crippen LogP contribution is -2.07. The van der Waals surface area contributed by atoms with Crippen molar-refractivity contribution in [3.05, 3.63) is 36.9 Å². The summed E-state index contributed by atoms with van der Waals surface area (Å²) < 4.78 is 0. The fraction of sp³-hybridized carbons (Fsp3) is 0.231. The number of rotatable bonds is 6. The van der Waals surface area contributed by atoms with Gasteiger partial charge in [0, 0.05) is 37.1 Å². The van der Waals surface area contributed by atoms with Crippen LogP contribution in [0.2, 0.25) is 0 Å². The summed E-state index contributed by atoms with van der Waals surface area (Å²) in [6.07, 6.45) is 5.36. The molecule has 0 radical (unpaired) electrons. The first kappa shape index (κ1) is 12.9. The normalized spacial score (nSPS) is 9.95. The number of hydrogen-bond acceptors (Lipinski definition) is 6. The van der Waals surface area contributed by atoms with Crippen molar-refractivity contribution in [2.45, 2.75) is 13.3 Å². The Morgan fingerprint density at radius 3 is 2.68 bits per heavy atom. The zero-order valence-electron chi connectivity index (χ0n) is 10.6.